The summed E-state index contributed by atoms with van der Waals surface area (Å²) >= 11 is 2.94. The number of halogens is 5. The monoisotopic (exact) mass is 312 g/mol. The van der Waals surface area contributed by atoms with E-state index in [1.54, 1.807) is 0 Å². The molecule has 0 aromatic heterocycles. The summed E-state index contributed by atoms with van der Waals surface area (Å²) in [6, 6.07) is 3.24. The van der Waals surface area contributed by atoms with Crippen LogP contribution in [0.15, 0.2) is 22.7 Å². The number of carbonyl (C=O) groups excluding carboxylic acids is 2. The first-order chi connectivity index (χ1) is 7.71. The fourth-order valence-electron chi connectivity index (χ4n) is 1.05. The summed E-state index contributed by atoms with van der Waals surface area (Å²) in [6.45, 7) is 0. The van der Waals surface area contributed by atoms with Crippen LogP contribution in [-0.4, -0.2) is 17.7 Å². The van der Waals surface area contributed by atoms with E-state index in [9.17, 15) is 27.2 Å². The van der Waals surface area contributed by atoms with Crippen molar-refractivity contribution in [2.45, 2.75) is 12.6 Å². The van der Waals surface area contributed by atoms with Gasteiger partial charge in [0.1, 0.15) is 5.82 Å². The van der Waals surface area contributed by atoms with Crippen molar-refractivity contribution < 1.29 is 27.2 Å². The quantitative estimate of drug-likeness (QED) is 0.487. The van der Waals surface area contributed by atoms with Gasteiger partial charge < -0.3 is 0 Å². The van der Waals surface area contributed by atoms with E-state index < -0.39 is 35.5 Å². The molecule has 0 bridgehead atoms. The third kappa shape index (κ3) is 3.62. The fourth-order valence-corrected chi connectivity index (χ4v) is 1.41. The summed E-state index contributed by atoms with van der Waals surface area (Å²) in [6.07, 6.45) is -6.48. The molecule has 0 atom stereocenters. The van der Waals surface area contributed by atoms with Crippen molar-refractivity contribution in [1.82, 2.24) is 0 Å². The number of ketones is 2. The van der Waals surface area contributed by atoms with Gasteiger partial charge in [-0.05, 0) is 18.2 Å². The molecule has 17 heavy (non-hydrogen) atoms. The molecular weight excluding hydrogens is 308 g/mol. The molecule has 0 saturated heterocycles. The van der Waals surface area contributed by atoms with Crippen LogP contribution in [0.5, 0.6) is 0 Å². The Bertz CT molecular complexity index is 468. The maximum Gasteiger partial charge on any atom is 0.450 e. The Labute approximate surface area is 102 Å². The topological polar surface area (TPSA) is 34.1 Å². The van der Waals surface area contributed by atoms with Gasteiger partial charge in [0.2, 0.25) is 5.78 Å². The minimum absolute atomic E-state index is 0.335. The lowest BCUT2D eigenvalue weighted by Gasteiger charge is -2.05. The zero-order chi connectivity index (χ0) is 13.2. The average Bonchev–Trinajstić information content (AvgIpc) is 2.20. The third-order valence-corrected chi connectivity index (χ3v) is 2.36. The fraction of sp³-hybridized carbons (Fsp3) is 0.200. The lowest BCUT2D eigenvalue weighted by atomic mass is 10.1. The van der Waals surface area contributed by atoms with Crippen LogP contribution in [-0.2, 0) is 4.79 Å². The predicted octanol–water partition coefficient (Wildman–Crippen LogP) is 3.29. The van der Waals surface area contributed by atoms with E-state index in [4.69, 9.17) is 0 Å². The van der Waals surface area contributed by atoms with Crippen LogP contribution in [0.3, 0.4) is 0 Å². The van der Waals surface area contributed by atoms with Crippen molar-refractivity contribution in [3.05, 3.63) is 34.1 Å². The van der Waals surface area contributed by atoms with E-state index in [0.717, 1.165) is 12.1 Å². The predicted molar refractivity (Wildman–Crippen MR) is 54.1 cm³/mol. The number of carbonyl (C=O) groups is 2. The van der Waals surface area contributed by atoms with Crippen molar-refractivity contribution in [3.8, 4) is 0 Å². The molecule has 0 N–H and O–H groups in total. The molecule has 0 spiro atoms. The molecule has 0 fully saturated rings. The first kappa shape index (κ1) is 13.8. The Morgan fingerprint density at radius 1 is 1.24 bits per heavy atom. The van der Waals surface area contributed by atoms with Gasteiger partial charge in [0.05, 0.1) is 12.0 Å². The Morgan fingerprint density at radius 2 is 1.82 bits per heavy atom. The first-order valence-corrected chi connectivity index (χ1v) is 5.09. The van der Waals surface area contributed by atoms with Gasteiger partial charge in [0.15, 0.2) is 5.78 Å². The van der Waals surface area contributed by atoms with Gasteiger partial charge in [-0.25, -0.2) is 4.39 Å². The van der Waals surface area contributed by atoms with Crippen LogP contribution in [0.2, 0.25) is 0 Å². The highest BCUT2D eigenvalue weighted by molar-refractivity contribution is 9.10. The molecule has 0 aliphatic rings. The van der Waals surface area contributed by atoms with Crippen LogP contribution in [0.1, 0.15) is 16.8 Å². The summed E-state index contributed by atoms with van der Waals surface area (Å²) in [5.74, 6) is -4.36. The van der Waals surface area contributed by atoms with Gasteiger partial charge in [-0.3, -0.25) is 9.59 Å². The molecule has 92 valence electrons. The standard InChI is InChI=1S/C10H5BrF4O2/c11-5-1-2-7(12)6(3-5)8(16)4-9(17)10(13,14)15/h1-3H,4H2. The summed E-state index contributed by atoms with van der Waals surface area (Å²) in [7, 11) is 0. The average molecular weight is 313 g/mol. The molecule has 0 radical (unpaired) electrons. The minimum Gasteiger partial charge on any atom is -0.294 e. The van der Waals surface area contributed by atoms with Gasteiger partial charge >= 0.3 is 6.18 Å². The van der Waals surface area contributed by atoms with Gasteiger partial charge in [-0.1, -0.05) is 15.9 Å². The number of Topliss-reactive ketones (excluding diaryl/α,β-unsaturated/α-hetero) is 2. The van der Waals surface area contributed by atoms with Crippen LogP contribution in [0.4, 0.5) is 17.6 Å². The summed E-state index contributed by atoms with van der Waals surface area (Å²) in [5, 5.41) is 0. The molecule has 7 heteroatoms. The second-order valence-corrected chi connectivity index (χ2v) is 4.06. The van der Waals surface area contributed by atoms with E-state index in [-0.39, 0.29) is 0 Å². The maximum absolute atomic E-state index is 13.1. The van der Waals surface area contributed by atoms with Crippen molar-refractivity contribution in [1.29, 1.82) is 0 Å². The highest BCUT2D eigenvalue weighted by atomic mass is 79.9. The Hall–Kier alpha value is -1.24. The zero-order valence-electron chi connectivity index (χ0n) is 8.15. The Morgan fingerprint density at radius 3 is 2.35 bits per heavy atom. The first-order valence-electron chi connectivity index (χ1n) is 4.30. The summed E-state index contributed by atoms with van der Waals surface area (Å²) < 4.78 is 49.2. The van der Waals surface area contributed by atoms with E-state index in [1.165, 1.54) is 6.07 Å². The highest BCUT2D eigenvalue weighted by Gasteiger charge is 2.39. The van der Waals surface area contributed by atoms with Gasteiger partial charge in [0, 0.05) is 4.47 Å². The van der Waals surface area contributed by atoms with Gasteiger partial charge in [0.25, 0.3) is 0 Å². The molecule has 2 nitrogen and oxygen atoms in total. The normalized spacial score (nSPS) is 11.4. The van der Waals surface area contributed by atoms with E-state index in [0.29, 0.717) is 4.47 Å². The molecule has 1 aromatic carbocycles. The smallest absolute Gasteiger partial charge is 0.294 e. The second-order valence-electron chi connectivity index (χ2n) is 3.15. The highest BCUT2D eigenvalue weighted by Crippen LogP contribution is 2.21. The number of alkyl halides is 3. The largest absolute Gasteiger partial charge is 0.450 e. The SMILES string of the molecule is O=C(CC(=O)C(F)(F)F)c1cc(Br)ccc1F. The second kappa shape index (κ2) is 4.95. The minimum atomic E-state index is -5.09. The lowest BCUT2D eigenvalue weighted by Crippen LogP contribution is -2.25. The molecule has 0 heterocycles. The van der Waals surface area contributed by atoms with Crippen LogP contribution in [0.25, 0.3) is 0 Å². The molecule has 0 aliphatic carbocycles. The van der Waals surface area contributed by atoms with Crippen molar-refractivity contribution in [2.75, 3.05) is 0 Å². The zero-order valence-corrected chi connectivity index (χ0v) is 9.73. The maximum atomic E-state index is 13.1. The van der Waals surface area contributed by atoms with Gasteiger partial charge in [-0.15, -0.1) is 0 Å². The number of hydrogen-bond acceptors (Lipinski definition) is 2. The molecular formula is C10H5BrF4O2. The van der Waals surface area contributed by atoms with E-state index in [2.05, 4.69) is 15.9 Å². The Balaban J connectivity index is 2.91. The van der Waals surface area contributed by atoms with Crippen LogP contribution >= 0.6 is 15.9 Å². The molecule has 1 rings (SSSR count). The molecule has 0 amide bonds. The molecule has 0 saturated carbocycles. The van der Waals surface area contributed by atoms with Crippen molar-refractivity contribution in [2.24, 2.45) is 0 Å². The third-order valence-electron chi connectivity index (χ3n) is 1.87. The molecule has 0 unspecified atom stereocenters. The van der Waals surface area contributed by atoms with Crippen LogP contribution in [0, 0.1) is 5.82 Å². The van der Waals surface area contributed by atoms with E-state index >= 15 is 0 Å². The Kier molecular flexibility index (Phi) is 4.03. The number of benzene rings is 1. The van der Waals surface area contributed by atoms with Gasteiger partial charge in [-0.2, -0.15) is 13.2 Å². The number of hydrogen-bond donors (Lipinski definition) is 0. The van der Waals surface area contributed by atoms with E-state index in [1.807, 2.05) is 0 Å². The lowest BCUT2D eigenvalue weighted by molar-refractivity contribution is -0.170. The molecule has 0 aliphatic heterocycles. The van der Waals surface area contributed by atoms with Crippen LogP contribution < -0.4 is 0 Å². The molecule has 1 aromatic rings. The summed E-state index contributed by atoms with van der Waals surface area (Å²) in [5.41, 5.74) is -0.544. The summed E-state index contributed by atoms with van der Waals surface area (Å²) in [4.78, 5) is 21.9. The van der Waals surface area contributed by atoms with Crippen molar-refractivity contribution >= 4 is 27.5 Å². The number of rotatable bonds is 3. The van der Waals surface area contributed by atoms with Crippen molar-refractivity contribution in [3.63, 3.8) is 0 Å².